The van der Waals surface area contributed by atoms with Crippen molar-refractivity contribution in [3.05, 3.63) is 88.9 Å². The molecule has 0 aliphatic carbocycles. The number of hydrogen-bond acceptors (Lipinski definition) is 3. The molecule has 2 aromatic heterocycles. The summed E-state index contributed by atoms with van der Waals surface area (Å²) in [5.74, 6) is 0.457. The lowest BCUT2D eigenvalue weighted by atomic mass is 10.1. The minimum Gasteiger partial charge on any atom is -0.494 e. The third-order valence-corrected chi connectivity index (χ3v) is 5.90. The molecule has 34 heavy (non-hydrogen) atoms. The van der Waals surface area contributed by atoms with E-state index < -0.39 is 0 Å². The van der Waals surface area contributed by atoms with Crippen LogP contribution in [0.4, 0.5) is 0 Å². The number of carbonyl (C=O) groups is 1. The molecule has 0 unspecified atom stereocenters. The van der Waals surface area contributed by atoms with Crippen LogP contribution < -0.4 is 10.1 Å². The largest absolute Gasteiger partial charge is 0.494 e. The Balaban J connectivity index is 1.48. The van der Waals surface area contributed by atoms with E-state index in [1.54, 1.807) is 6.08 Å². The summed E-state index contributed by atoms with van der Waals surface area (Å²) in [5.41, 5.74) is 6.12. The van der Waals surface area contributed by atoms with Crippen molar-refractivity contribution in [3.63, 3.8) is 0 Å². The van der Waals surface area contributed by atoms with Crippen LogP contribution >= 0.6 is 0 Å². The smallest absolute Gasteiger partial charge is 0.261 e. The van der Waals surface area contributed by atoms with Gasteiger partial charge in [-0.25, -0.2) is 0 Å². The van der Waals surface area contributed by atoms with Crippen molar-refractivity contribution in [2.45, 2.75) is 27.2 Å². The normalized spacial score (nSPS) is 11.4. The van der Waals surface area contributed by atoms with Gasteiger partial charge in [-0.05, 0) is 80.8 Å². The SMILES string of the molecule is CCOc1ccc(-n2c(C)cc(/C=C(/C#N)C(=O)NCCc3c[nH]c4ccccc34)c2C)cc1. The Morgan fingerprint density at radius 2 is 1.94 bits per heavy atom. The van der Waals surface area contributed by atoms with E-state index in [0.29, 0.717) is 19.6 Å². The van der Waals surface area contributed by atoms with Crippen molar-refractivity contribution in [1.29, 1.82) is 5.26 Å². The van der Waals surface area contributed by atoms with E-state index in [0.717, 1.165) is 44.9 Å². The molecule has 0 aliphatic rings. The summed E-state index contributed by atoms with van der Waals surface area (Å²) in [6.45, 7) is 7.02. The Hall–Kier alpha value is -4.24. The molecule has 0 saturated heterocycles. The first-order valence-electron chi connectivity index (χ1n) is 11.4. The number of H-pyrrole nitrogens is 1. The van der Waals surface area contributed by atoms with Crippen LogP contribution in [0.1, 0.15) is 29.4 Å². The fraction of sp³-hybridized carbons (Fsp3) is 0.214. The van der Waals surface area contributed by atoms with Crippen LogP contribution in [0.2, 0.25) is 0 Å². The molecule has 0 saturated carbocycles. The summed E-state index contributed by atoms with van der Waals surface area (Å²) in [4.78, 5) is 16.0. The number of amides is 1. The molecule has 6 nitrogen and oxygen atoms in total. The maximum Gasteiger partial charge on any atom is 0.261 e. The summed E-state index contributed by atoms with van der Waals surface area (Å²) in [7, 11) is 0. The number of benzene rings is 2. The molecule has 0 fully saturated rings. The number of rotatable bonds is 8. The third-order valence-electron chi connectivity index (χ3n) is 5.90. The second-order valence-electron chi connectivity index (χ2n) is 8.12. The highest BCUT2D eigenvalue weighted by atomic mass is 16.5. The topological polar surface area (TPSA) is 82.8 Å². The van der Waals surface area contributed by atoms with Gasteiger partial charge >= 0.3 is 0 Å². The van der Waals surface area contributed by atoms with Crippen molar-refractivity contribution >= 4 is 22.9 Å². The number of aromatic amines is 1. The quantitative estimate of drug-likeness (QED) is 0.283. The first-order valence-corrected chi connectivity index (χ1v) is 11.4. The molecule has 0 bridgehead atoms. The van der Waals surface area contributed by atoms with E-state index in [2.05, 4.69) is 27.0 Å². The molecule has 0 spiro atoms. The summed E-state index contributed by atoms with van der Waals surface area (Å²) >= 11 is 0. The van der Waals surface area contributed by atoms with Gasteiger partial charge < -0.3 is 19.6 Å². The summed E-state index contributed by atoms with van der Waals surface area (Å²) in [6.07, 6.45) is 4.31. The van der Waals surface area contributed by atoms with Gasteiger partial charge in [-0.1, -0.05) is 18.2 Å². The Kier molecular flexibility index (Phi) is 6.84. The highest BCUT2D eigenvalue weighted by molar-refractivity contribution is 6.01. The fourth-order valence-electron chi connectivity index (χ4n) is 4.24. The maximum atomic E-state index is 12.7. The monoisotopic (exact) mass is 452 g/mol. The number of ether oxygens (including phenoxy) is 1. The van der Waals surface area contributed by atoms with Crippen LogP contribution in [-0.4, -0.2) is 28.6 Å². The standard InChI is InChI=1S/C28H28N4O2/c1-4-34-25-11-9-24(10-12-25)32-19(2)15-22(20(32)3)16-23(17-29)28(33)30-14-13-21-18-31-27-8-6-5-7-26(21)27/h5-12,15-16,18,31H,4,13-14H2,1-3H3,(H,30,33)/b23-16-. The summed E-state index contributed by atoms with van der Waals surface area (Å²) in [6, 6.07) is 20.0. The minimum absolute atomic E-state index is 0.0888. The van der Waals surface area contributed by atoms with Crippen LogP contribution in [0.15, 0.2) is 66.4 Å². The number of nitrogens with zero attached hydrogens (tertiary/aromatic N) is 2. The average molecular weight is 453 g/mol. The fourth-order valence-corrected chi connectivity index (χ4v) is 4.24. The van der Waals surface area contributed by atoms with Gasteiger partial charge in [0.1, 0.15) is 17.4 Å². The molecule has 0 radical (unpaired) electrons. The Labute approximate surface area is 199 Å². The first-order chi connectivity index (χ1) is 16.5. The molecule has 4 aromatic rings. The second-order valence-corrected chi connectivity index (χ2v) is 8.12. The molecule has 2 aromatic carbocycles. The molecule has 6 heteroatoms. The van der Waals surface area contributed by atoms with Crippen molar-refractivity contribution in [3.8, 4) is 17.5 Å². The van der Waals surface area contributed by atoms with Crippen molar-refractivity contribution in [1.82, 2.24) is 14.9 Å². The molecule has 2 heterocycles. The first kappa shape index (κ1) is 22.9. The van der Waals surface area contributed by atoms with E-state index in [1.807, 2.05) is 75.5 Å². The minimum atomic E-state index is -0.367. The van der Waals surface area contributed by atoms with E-state index in [-0.39, 0.29) is 11.5 Å². The van der Waals surface area contributed by atoms with E-state index in [9.17, 15) is 10.1 Å². The van der Waals surface area contributed by atoms with Gasteiger partial charge in [0.2, 0.25) is 0 Å². The van der Waals surface area contributed by atoms with E-state index >= 15 is 0 Å². The zero-order chi connectivity index (χ0) is 24.1. The van der Waals surface area contributed by atoms with Crippen LogP contribution in [-0.2, 0) is 11.2 Å². The van der Waals surface area contributed by atoms with Crippen molar-refractivity contribution < 1.29 is 9.53 Å². The highest BCUT2D eigenvalue weighted by Crippen LogP contribution is 2.24. The number of para-hydroxylation sites is 1. The zero-order valence-electron chi connectivity index (χ0n) is 19.7. The number of nitriles is 1. The van der Waals surface area contributed by atoms with Gasteiger partial charge in [0.05, 0.1) is 6.61 Å². The number of aryl methyl sites for hydroxylation is 1. The Morgan fingerprint density at radius 3 is 2.68 bits per heavy atom. The molecule has 0 aliphatic heterocycles. The Morgan fingerprint density at radius 1 is 1.18 bits per heavy atom. The predicted molar refractivity (Wildman–Crippen MR) is 135 cm³/mol. The molecule has 2 N–H and O–H groups in total. The lowest BCUT2D eigenvalue weighted by Crippen LogP contribution is -2.26. The van der Waals surface area contributed by atoms with Crippen LogP contribution in [0, 0.1) is 25.2 Å². The zero-order valence-corrected chi connectivity index (χ0v) is 19.7. The van der Waals surface area contributed by atoms with Crippen LogP contribution in [0.25, 0.3) is 22.7 Å². The van der Waals surface area contributed by atoms with E-state index in [1.165, 1.54) is 0 Å². The van der Waals surface area contributed by atoms with Gasteiger partial charge in [-0.3, -0.25) is 4.79 Å². The second kappa shape index (κ2) is 10.1. The molecule has 1 amide bonds. The van der Waals surface area contributed by atoms with Crippen LogP contribution in [0.5, 0.6) is 5.75 Å². The van der Waals surface area contributed by atoms with Crippen molar-refractivity contribution in [2.75, 3.05) is 13.2 Å². The van der Waals surface area contributed by atoms with Gasteiger partial charge in [0.25, 0.3) is 5.91 Å². The molecule has 0 atom stereocenters. The number of hydrogen-bond donors (Lipinski definition) is 2. The lowest BCUT2D eigenvalue weighted by molar-refractivity contribution is -0.117. The molecular weight excluding hydrogens is 424 g/mol. The van der Waals surface area contributed by atoms with Gasteiger partial charge in [-0.2, -0.15) is 5.26 Å². The molecular formula is C28H28N4O2. The van der Waals surface area contributed by atoms with Gasteiger partial charge in [-0.15, -0.1) is 0 Å². The molecule has 4 rings (SSSR count). The number of nitrogens with one attached hydrogen (secondary N) is 2. The average Bonchev–Trinajstić information content (AvgIpc) is 3.38. The number of aromatic nitrogens is 2. The van der Waals surface area contributed by atoms with Gasteiger partial charge in [0.15, 0.2) is 0 Å². The highest BCUT2D eigenvalue weighted by Gasteiger charge is 2.14. The third kappa shape index (κ3) is 4.74. The van der Waals surface area contributed by atoms with E-state index in [4.69, 9.17) is 4.74 Å². The van der Waals surface area contributed by atoms with Crippen LogP contribution in [0.3, 0.4) is 0 Å². The predicted octanol–water partition coefficient (Wildman–Crippen LogP) is 5.24. The number of fused-ring (bicyclic) bond motifs is 1. The summed E-state index contributed by atoms with van der Waals surface area (Å²) in [5, 5.41) is 13.7. The lowest BCUT2D eigenvalue weighted by Gasteiger charge is -2.11. The maximum absolute atomic E-state index is 12.7. The van der Waals surface area contributed by atoms with Gasteiger partial charge in [0, 0.05) is 40.7 Å². The summed E-state index contributed by atoms with van der Waals surface area (Å²) < 4.78 is 7.63. The Bertz CT molecular complexity index is 1380. The molecule has 172 valence electrons. The van der Waals surface area contributed by atoms with Crippen molar-refractivity contribution in [2.24, 2.45) is 0 Å². The number of carbonyl (C=O) groups excluding carboxylic acids is 1.